The molecule has 2 unspecified atom stereocenters. The van der Waals surface area contributed by atoms with E-state index in [9.17, 15) is 5.11 Å². The molecule has 1 fully saturated rings. The van der Waals surface area contributed by atoms with Gasteiger partial charge in [0.2, 0.25) is 0 Å². The molecule has 0 aromatic heterocycles. The van der Waals surface area contributed by atoms with Gasteiger partial charge in [-0.2, -0.15) is 0 Å². The number of hydrogen-bond acceptors (Lipinski definition) is 1. The molecule has 1 heteroatoms. The summed E-state index contributed by atoms with van der Waals surface area (Å²) in [4.78, 5) is 0. The van der Waals surface area contributed by atoms with Crippen LogP contribution in [0.1, 0.15) is 45.1 Å². The average molecular weight is 218 g/mol. The van der Waals surface area contributed by atoms with Crippen LogP contribution in [-0.4, -0.2) is 11.2 Å². The van der Waals surface area contributed by atoms with Gasteiger partial charge in [0.05, 0.1) is 6.10 Å². The Morgan fingerprint density at radius 1 is 1.25 bits per heavy atom. The van der Waals surface area contributed by atoms with Gasteiger partial charge in [0.15, 0.2) is 0 Å². The third-order valence-corrected chi connectivity index (χ3v) is 4.10. The number of hydrogen-bond donors (Lipinski definition) is 1. The molecule has 1 nitrogen and oxygen atoms in total. The van der Waals surface area contributed by atoms with Gasteiger partial charge in [-0.25, -0.2) is 0 Å². The van der Waals surface area contributed by atoms with Crippen LogP contribution in [0.2, 0.25) is 0 Å². The summed E-state index contributed by atoms with van der Waals surface area (Å²) in [6.45, 7) is 4.42. The summed E-state index contributed by atoms with van der Waals surface area (Å²) in [5, 5.41) is 10.4. The number of rotatable bonds is 5. The summed E-state index contributed by atoms with van der Waals surface area (Å²) in [7, 11) is 0. The second-order valence-corrected chi connectivity index (χ2v) is 5.29. The topological polar surface area (TPSA) is 20.2 Å². The minimum atomic E-state index is -0.162. The summed E-state index contributed by atoms with van der Waals surface area (Å²) >= 11 is 0. The van der Waals surface area contributed by atoms with Crippen molar-refractivity contribution < 1.29 is 5.11 Å². The highest BCUT2D eigenvalue weighted by atomic mass is 16.3. The van der Waals surface area contributed by atoms with E-state index in [1.807, 2.05) is 6.07 Å². The van der Waals surface area contributed by atoms with Crippen molar-refractivity contribution in [2.24, 2.45) is 5.92 Å². The quantitative estimate of drug-likeness (QED) is 0.801. The van der Waals surface area contributed by atoms with E-state index < -0.39 is 0 Å². The van der Waals surface area contributed by atoms with E-state index in [-0.39, 0.29) is 11.5 Å². The third kappa shape index (κ3) is 2.15. The van der Waals surface area contributed by atoms with Crippen molar-refractivity contribution in [3.8, 4) is 0 Å². The predicted molar refractivity (Wildman–Crippen MR) is 67.4 cm³/mol. The Kier molecular flexibility index (Phi) is 3.34. The molecule has 0 radical (unpaired) electrons. The molecule has 2 rings (SSSR count). The Bertz CT molecular complexity index is 327. The van der Waals surface area contributed by atoms with E-state index in [2.05, 4.69) is 38.1 Å². The molecule has 2 atom stereocenters. The van der Waals surface area contributed by atoms with Gasteiger partial charge in [0.25, 0.3) is 0 Å². The second-order valence-electron chi connectivity index (χ2n) is 5.29. The van der Waals surface area contributed by atoms with Crippen LogP contribution in [0.15, 0.2) is 30.3 Å². The van der Waals surface area contributed by atoms with Crippen molar-refractivity contribution in [1.82, 2.24) is 0 Å². The summed E-state index contributed by atoms with van der Waals surface area (Å²) < 4.78 is 0. The molecule has 1 aliphatic rings. The average Bonchev–Trinajstić information content (AvgIpc) is 3.11. The fraction of sp³-hybridized carbons (Fsp3) is 0.600. The maximum Gasteiger partial charge on any atom is 0.0639 e. The number of aliphatic hydroxyl groups excluding tert-OH is 1. The molecule has 1 N–H and O–H groups in total. The summed E-state index contributed by atoms with van der Waals surface area (Å²) in [5.41, 5.74) is 1.41. The maximum absolute atomic E-state index is 10.4. The molecule has 1 saturated carbocycles. The monoisotopic (exact) mass is 218 g/mol. The van der Waals surface area contributed by atoms with E-state index in [4.69, 9.17) is 0 Å². The van der Waals surface area contributed by atoms with Crippen molar-refractivity contribution in [3.63, 3.8) is 0 Å². The van der Waals surface area contributed by atoms with Gasteiger partial charge in [0, 0.05) is 5.41 Å². The molecular formula is C15H22O. The van der Waals surface area contributed by atoms with Crippen molar-refractivity contribution in [1.29, 1.82) is 0 Å². The van der Waals surface area contributed by atoms with E-state index in [1.54, 1.807) is 0 Å². The van der Waals surface area contributed by atoms with Crippen molar-refractivity contribution in [2.45, 2.75) is 51.0 Å². The lowest BCUT2D eigenvalue weighted by atomic mass is 9.85. The van der Waals surface area contributed by atoms with Crippen LogP contribution in [0.3, 0.4) is 0 Å². The van der Waals surface area contributed by atoms with Crippen LogP contribution in [0.4, 0.5) is 0 Å². The van der Waals surface area contributed by atoms with Gasteiger partial charge < -0.3 is 5.11 Å². The zero-order valence-electron chi connectivity index (χ0n) is 10.3. The SMILES string of the molecule is CCC(C)CC(O)C1(c2ccccc2)CC1. The molecular weight excluding hydrogens is 196 g/mol. The molecule has 0 spiro atoms. The van der Waals surface area contributed by atoms with Gasteiger partial charge in [-0.15, -0.1) is 0 Å². The zero-order valence-corrected chi connectivity index (χ0v) is 10.3. The molecule has 0 aliphatic heterocycles. The van der Waals surface area contributed by atoms with Gasteiger partial charge in [-0.1, -0.05) is 50.6 Å². The summed E-state index contributed by atoms with van der Waals surface area (Å²) in [6.07, 6.45) is 4.22. The first-order valence-corrected chi connectivity index (χ1v) is 6.42. The van der Waals surface area contributed by atoms with Gasteiger partial charge in [-0.3, -0.25) is 0 Å². The Hall–Kier alpha value is -0.820. The predicted octanol–water partition coefficient (Wildman–Crippen LogP) is 3.52. The third-order valence-electron chi connectivity index (χ3n) is 4.10. The van der Waals surface area contributed by atoms with Crippen LogP contribution in [0.25, 0.3) is 0 Å². The summed E-state index contributed by atoms with van der Waals surface area (Å²) in [6, 6.07) is 10.5. The van der Waals surface area contributed by atoms with Crippen LogP contribution in [0.5, 0.6) is 0 Å². The minimum absolute atomic E-state index is 0.0880. The first-order chi connectivity index (χ1) is 7.69. The molecule has 1 aromatic carbocycles. The zero-order chi connectivity index (χ0) is 11.6. The van der Waals surface area contributed by atoms with E-state index in [0.717, 1.165) is 25.7 Å². The van der Waals surface area contributed by atoms with Gasteiger partial charge in [-0.05, 0) is 30.7 Å². The molecule has 0 saturated heterocycles. The minimum Gasteiger partial charge on any atom is -0.392 e. The van der Waals surface area contributed by atoms with Crippen LogP contribution in [0, 0.1) is 5.92 Å². The van der Waals surface area contributed by atoms with Crippen molar-refractivity contribution >= 4 is 0 Å². The highest BCUT2D eigenvalue weighted by molar-refractivity contribution is 5.32. The maximum atomic E-state index is 10.4. The number of benzene rings is 1. The molecule has 88 valence electrons. The van der Waals surface area contributed by atoms with Crippen molar-refractivity contribution in [2.75, 3.05) is 0 Å². The molecule has 1 aromatic rings. The Balaban J connectivity index is 2.08. The van der Waals surface area contributed by atoms with Crippen LogP contribution < -0.4 is 0 Å². The largest absolute Gasteiger partial charge is 0.392 e. The Morgan fingerprint density at radius 3 is 2.38 bits per heavy atom. The lowest BCUT2D eigenvalue weighted by Crippen LogP contribution is -2.27. The lowest BCUT2D eigenvalue weighted by molar-refractivity contribution is 0.105. The molecule has 16 heavy (non-hydrogen) atoms. The van der Waals surface area contributed by atoms with E-state index >= 15 is 0 Å². The molecule has 0 heterocycles. The fourth-order valence-corrected chi connectivity index (χ4v) is 2.49. The fourth-order valence-electron chi connectivity index (χ4n) is 2.49. The van der Waals surface area contributed by atoms with Gasteiger partial charge >= 0.3 is 0 Å². The smallest absolute Gasteiger partial charge is 0.0639 e. The lowest BCUT2D eigenvalue weighted by Gasteiger charge is -2.25. The standard InChI is InChI=1S/C15H22O/c1-3-12(2)11-14(16)15(9-10-15)13-7-5-4-6-8-13/h4-8,12,14,16H,3,9-11H2,1-2H3. The summed E-state index contributed by atoms with van der Waals surface area (Å²) in [5.74, 6) is 0.621. The molecule has 1 aliphatic carbocycles. The molecule has 0 amide bonds. The number of aliphatic hydroxyl groups is 1. The Morgan fingerprint density at radius 2 is 1.88 bits per heavy atom. The second kappa shape index (κ2) is 4.58. The Labute approximate surface area is 98.5 Å². The van der Waals surface area contributed by atoms with E-state index in [0.29, 0.717) is 5.92 Å². The molecule has 0 bridgehead atoms. The first-order valence-electron chi connectivity index (χ1n) is 6.42. The highest BCUT2D eigenvalue weighted by Crippen LogP contribution is 2.52. The van der Waals surface area contributed by atoms with Gasteiger partial charge in [0.1, 0.15) is 0 Å². The van der Waals surface area contributed by atoms with E-state index in [1.165, 1.54) is 5.56 Å². The normalized spacial score (nSPS) is 21.4. The van der Waals surface area contributed by atoms with Crippen LogP contribution >= 0.6 is 0 Å². The van der Waals surface area contributed by atoms with Crippen molar-refractivity contribution in [3.05, 3.63) is 35.9 Å². The first kappa shape index (κ1) is 11.7. The highest BCUT2D eigenvalue weighted by Gasteiger charge is 2.50. The van der Waals surface area contributed by atoms with Crippen LogP contribution in [-0.2, 0) is 5.41 Å².